The molecule has 154 valence electrons. The van der Waals surface area contributed by atoms with Crippen LogP contribution in [0, 0.1) is 6.92 Å². The van der Waals surface area contributed by atoms with Crippen LogP contribution in [0.2, 0.25) is 0 Å². The number of aromatic nitrogens is 2. The SMILES string of the molecule is COc1ccc(-n2c(C[C@@H]3C(=O)Nc4ccc(C)cc43)nc3ccccc3c2=O)cc1. The number of fused-ring (bicyclic) bond motifs is 2. The fraction of sp³-hybridized carbons (Fsp3) is 0.160. The lowest BCUT2D eigenvalue weighted by Gasteiger charge is -2.16. The van der Waals surface area contributed by atoms with E-state index < -0.39 is 5.92 Å². The number of ether oxygens (including phenoxy) is 1. The number of para-hydroxylation sites is 1. The number of aryl methyl sites for hydroxylation is 1. The van der Waals surface area contributed by atoms with Crippen LogP contribution in [0.15, 0.2) is 71.5 Å². The molecule has 6 heteroatoms. The average molecular weight is 411 g/mol. The van der Waals surface area contributed by atoms with Crippen LogP contribution in [-0.4, -0.2) is 22.6 Å². The first-order valence-electron chi connectivity index (χ1n) is 10.1. The van der Waals surface area contributed by atoms with Gasteiger partial charge < -0.3 is 10.1 Å². The Labute approximate surface area is 179 Å². The van der Waals surface area contributed by atoms with Gasteiger partial charge in [-0.25, -0.2) is 4.98 Å². The van der Waals surface area contributed by atoms with Gasteiger partial charge in [0.2, 0.25) is 5.91 Å². The Morgan fingerprint density at radius 3 is 2.58 bits per heavy atom. The van der Waals surface area contributed by atoms with Crippen LogP contribution >= 0.6 is 0 Å². The Hall–Kier alpha value is -3.93. The van der Waals surface area contributed by atoms with E-state index in [1.165, 1.54) is 0 Å². The lowest BCUT2D eigenvalue weighted by molar-refractivity contribution is -0.117. The minimum Gasteiger partial charge on any atom is -0.497 e. The molecule has 0 aliphatic carbocycles. The molecule has 0 saturated heterocycles. The van der Waals surface area contributed by atoms with E-state index in [0.29, 0.717) is 34.6 Å². The van der Waals surface area contributed by atoms with Crippen molar-refractivity contribution in [2.24, 2.45) is 0 Å². The summed E-state index contributed by atoms with van der Waals surface area (Å²) < 4.78 is 6.85. The fourth-order valence-corrected chi connectivity index (χ4v) is 4.14. The highest BCUT2D eigenvalue weighted by molar-refractivity contribution is 6.03. The maximum absolute atomic E-state index is 13.5. The van der Waals surface area contributed by atoms with Crippen molar-refractivity contribution in [3.63, 3.8) is 0 Å². The van der Waals surface area contributed by atoms with Crippen LogP contribution < -0.4 is 15.6 Å². The van der Waals surface area contributed by atoms with Gasteiger partial charge in [0.1, 0.15) is 11.6 Å². The summed E-state index contributed by atoms with van der Waals surface area (Å²) in [5, 5.41) is 3.49. The van der Waals surface area contributed by atoms with Gasteiger partial charge >= 0.3 is 0 Å². The number of carbonyl (C=O) groups excluding carboxylic acids is 1. The third-order valence-electron chi connectivity index (χ3n) is 5.72. The number of hydrogen-bond acceptors (Lipinski definition) is 4. The molecule has 1 aliphatic heterocycles. The summed E-state index contributed by atoms with van der Waals surface area (Å²) in [5.74, 6) is 0.756. The molecule has 1 aromatic heterocycles. The minimum atomic E-state index is -0.410. The first-order chi connectivity index (χ1) is 15.0. The van der Waals surface area contributed by atoms with E-state index in [-0.39, 0.29) is 11.5 Å². The van der Waals surface area contributed by atoms with E-state index in [1.54, 1.807) is 17.7 Å². The van der Waals surface area contributed by atoms with E-state index in [2.05, 4.69) is 5.32 Å². The normalized spacial score (nSPS) is 15.0. The largest absolute Gasteiger partial charge is 0.497 e. The molecule has 5 rings (SSSR count). The molecule has 0 bridgehead atoms. The number of hydrogen-bond donors (Lipinski definition) is 1. The number of carbonyl (C=O) groups is 1. The van der Waals surface area contributed by atoms with Gasteiger partial charge in [-0.05, 0) is 55.0 Å². The molecule has 1 amide bonds. The fourth-order valence-electron chi connectivity index (χ4n) is 4.14. The summed E-state index contributed by atoms with van der Waals surface area (Å²) in [5.41, 5.74) is 3.98. The molecular weight excluding hydrogens is 390 g/mol. The molecule has 31 heavy (non-hydrogen) atoms. The Bertz CT molecular complexity index is 1370. The van der Waals surface area contributed by atoms with Crippen LogP contribution in [0.3, 0.4) is 0 Å². The summed E-state index contributed by atoms with van der Waals surface area (Å²) >= 11 is 0. The van der Waals surface area contributed by atoms with Crippen molar-refractivity contribution < 1.29 is 9.53 Å². The molecule has 1 atom stereocenters. The number of anilines is 1. The van der Waals surface area contributed by atoms with Gasteiger partial charge in [-0.15, -0.1) is 0 Å². The lowest BCUT2D eigenvalue weighted by Crippen LogP contribution is -2.26. The Kier molecular flexibility index (Phi) is 4.55. The zero-order valence-electron chi connectivity index (χ0n) is 17.3. The van der Waals surface area contributed by atoms with Crippen LogP contribution in [-0.2, 0) is 11.2 Å². The molecule has 2 heterocycles. The predicted molar refractivity (Wildman–Crippen MR) is 120 cm³/mol. The smallest absolute Gasteiger partial charge is 0.265 e. The molecule has 0 spiro atoms. The molecule has 6 nitrogen and oxygen atoms in total. The molecule has 1 N–H and O–H groups in total. The molecule has 4 aromatic rings. The van der Waals surface area contributed by atoms with Crippen molar-refractivity contribution in [1.29, 1.82) is 0 Å². The molecular formula is C25H21N3O3. The Morgan fingerprint density at radius 1 is 1.03 bits per heavy atom. The monoisotopic (exact) mass is 411 g/mol. The molecule has 0 fully saturated rings. The number of benzene rings is 3. The highest BCUT2D eigenvalue weighted by Crippen LogP contribution is 2.35. The van der Waals surface area contributed by atoms with Crippen LogP contribution in [0.1, 0.15) is 22.9 Å². The van der Waals surface area contributed by atoms with Gasteiger partial charge in [0.15, 0.2) is 0 Å². The average Bonchev–Trinajstić information content (AvgIpc) is 3.08. The second-order valence-corrected chi connectivity index (χ2v) is 7.72. The summed E-state index contributed by atoms with van der Waals surface area (Å²) in [6.07, 6.45) is 0.314. The highest BCUT2D eigenvalue weighted by atomic mass is 16.5. The van der Waals surface area contributed by atoms with Crippen LogP contribution in [0.4, 0.5) is 5.69 Å². The van der Waals surface area contributed by atoms with E-state index in [1.807, 2.05) is 67.6 Å². The lowest BCUT2D eigenvalue weighted by atomic mass is 9.95. The standard InChI is InChI=1S/C25H21N3O3/c1-15-7-12-22-19(13-15)20(24(29)27-22)14-23-26-21-6-4-3-5-18(21)25(30)28(23)16-8-10-17(31-2)11-9-16/h3-13,20H,14H2,1-2H3,(H,27,29)/t20-/m0/s1. The Morgan fingerprint density at radius 2 is 1.81 bits per heavy atom. The third-order valence-corrected chi connectivity index (χ3v) is 5.72. The number of nitrogens with zero attached hydrogens (tertiary/aromatic N) is 2. The van der Waals surface area contributed by atoms with Gasteiger partial charge in [0.05, 0.1) is 29.6 Å². The van der Waals surface area contributed by atoms with Gasteiger partial charge in [-0.1, -0.05) is 29.8 Å². The Balaban J connectivity index is 1.68. The van der Waals surface area contributed by atoms with Crippen molar-refractivity contribution in [3.8, 4) is 11.4 Å². The van der Waals surface area contributed by atoms with Crippen LogP contribution in [0.25, 0.3) is 16.6 Å². The van der Waals surface area contributed by atoms with Crippen molar-refractivity contribution in [3.05, 3.63) is 94.0 Å². The topological polar surface area (TPSA) is 73.2 Å². The number of nitrogens with one attached hydrogen (secondary N) is 1. The molecule has 3 aromatic carbocycles. The van der Waals surface area contributed by atoms with Crippen molar-refractivity contribution in [2.45, 2.75) is 19.3 Å². The zero-order valence-corrected chi connectivity index (χ0v) is 17.3. The van der Waals surface area contributed by atoms with E-state index in [0.717, 1.165) is 16.8 Å². The highest BCUT2D eigenvalue weighted by Gasteiger charge is 2.32. The van der Waals surface area contributed by atoms with Gasteiger partial charge in [-0.3, -0.25) is 14.2 Å². The van der Waals surface area contributed by atoms with Gasteiger partial charge in [0, 0.05) is 12.1 Å². The first-order valence-corrected chi connectivity index (χ1v) is 10.1. The predicted octanol–water partition coefficient (Wildman–Crippen LogP) is 3.98. The minimum absolute atomic E-state index is 0.0794. The molecule has 0 unspecified atom stereocenters. The molecule has 1 aliphatic rings. The quantitative estimate of drug-likeness (QED) is 0.551. The summed E-state index contributed by atoms with van der Waals surface area (Å²) in [6.45, 7) is 2.00. The number of amides is 1. The van der Waals surface area contributed by atoms with Gasteiger partial charge in [0.25, 0.3) is 5.56 Å². The van der Waals surface area contributed by atoms with E-state index in [4.69, 9.17) is 9.72 Å². The molecule has 0 saturated carbocycles. The van der Waals surface area contributed by atoms with E-state index in [9.17, 15) is 9.59 Å². The summed E-state index contributed by atoms with van der Waals surface area (Å²) in [6, 6.07) is 20.5. The second-order valence-electron chi connectivity index (χ2n) is 7.72. The van der Waals surface area contributed by atoms with Gasteiger partial charge in [-0.2, -0.15) is 0 Å². The van der Waals surface area contributed by atoms with Crippen LogP contribution in [0.5, 0.6) is 5.75 Å². The molecule has 0 radical (unpaired) electrons. The maximum atomic E-state index is 13.5. The van der Waals surface area contributed by atoms with Crippen molar-refractivity contribution in [2.75, 3.05) is 12.4 Å². The maximum Gasteiger partial charge on any atom is 0.265 e. The summed E-state index contributed by atoms with van der Waals surface area (Å²) in [4.78, 5) is 31.0. The number of rotatable bonds is 4. The third kappa shape index (κ3) is 3.26. The summed E-state index contributed by atoms with van der Waals surface area (Å²) in [7, 11) is 1.60. The number of methoxy groups -OCH3 is 1. The van der Waals surface area contributed by atoms with Crippen molar-refractivity contribution in [1.82, 2.24) is 9.55 Å². The van der Waals surface area contributed by atoms with Crippen molar-refractivity contribution >= 4 is 22.5 Å². The zero-order chi connectivity index (χ0) is 21.5. The second kappa shape index (κ2) is 7.40. The van der Waals surface area contributed by atoms with E-state index >= 15 is 0 Å². The first kappa shape index (κ1) is 19.1.